The van der Waals surface area contributed by atoms with E-state index < -0.39 is 49.5 Å². The summed E-state index contributed by atoms with van der Waals surface area (Å²) in [5.41, 5.74) is 0. The average Bonchev–Trinajstić information content (AvgIpc) is 3.07. The molecule has 0 aromatic heterocycles. The first kappa shape index (κ1) is 43.7. The monoisotopic (exact) mass is 670 g/mol. The second-order valence-electron chi connectivity index (χ2n) is 13.4. The molecule has 0 radical (unpaired) electrons. The van der Waals surface area contributed by atoms with Gasteiger partial charge in [-0.3, -0.25) is 4.79 Å². The Morgan fingerprint density at radius 3 is 1.77 bits per heavy atom. The second kappa shape index (κ2) is 29.6. The first-order valence-corrected chi connectivity index (χ1v) is 19.1. The number of aliphatic hydroxyl groups excluding tert-OH is 5. The number of ether oxygens (including phenoxy) is 2. The van der Waals surface area contributed by atoms with Crippen molar-refractivity contribution in [1.29, 1.82) is 0 Å². The highest BCUT2D eigenvalue weighted by molar-refractivity contribution is 5.76. The van der Waals surface area contributed by atoms with Crippen LogP contribution in [0.5, 0.6) is 0 Å². The quantitative estimate of drug-likeness (QED) is 0.0381. The zero-order valence-electron chi connectivity index (χ0n) is 29.8. The summed E-state index contributed by atoms with van der Waals surface area (Å²) in [6, 6.07) is -0.829. The maximum absolute atomic E-state index is 12.8. The smallest absolute Gasteiger partial charge is 0.220 e. The molecule has 1 fully saturated rings. The van der Waals surface area contributed by atoms with E-state index in [1.807, 2.05) is 6.08 Å². The van der Waals surface area contributed by atoms with Crippen LogP contribution in [0, 0.1) is 0 Å². The van der Waals surface area contributed by atoms with Crippen LogP contribution in [-0.2, 0) is 14.3 Å². The summed E-state index contributed by atoms with van der Waals surface area (Å²) in [6.07, 6.45) is 25.2. The van der Waals surface area contributed by atoms with Gasteiger partial charge in [0.05, 0.1) is 25.4 Å². The summed E-state index contributed by atoms with van der Waals surface area (Å²) in [6.45, 7) is 3.69. The van der Waals surface area contributed by atoms with Gasteiger partial charge in [0.25, 0.3) is 0 Å². The Bertz CT molecular complexity index is 792. The van der Waals surface area contributed by atoms with Crippen LogP contribution in [-0.4, -0.2) is 87.5 Å². The Balaban J connectivity index is 2.47. The van der Waals surface area contributed by atoms with E-state index in [0.717, 1.165) is 32.1 Å². The van der Waals surface area contributed by atoms with Crippen molar-refractivity contribution in [2.24, 2.45) is 0 Å². The van der Waals surface area contributed by atoms with Gasteiger partial charge in [0.1, 0.15) is 24.4 Å². The number of allylic oxidation sites excluding steroid dienone is 3. The van der Waals surface area contributed by atoms with E-state index in [2.05, 4.69) is 25.2 Å². The molecule has 0 aromatic carbocycles. The van der Waals surface area contributed by atoms with Crippen molar-refractivity contribution < 1.29 is 39.8 Å². The lowest BCUT2D eigenvalue weighted by molar-refractivity contribution is -0.302. The number of amides is 1. The summed E-state index contributed by atoms with van der Waals surface area (Å²) in [7, 11) is 0. The molecular weight excluding hydrogens is 598 g/mol. The number of carbonyl (C=O) groups is 1. The lowest BCUT2D eigenvalue weighted by atomic mass is 9.99. The molecule has 1 rings (SSSR count). The number of hydrogen-bond donors (Lipinski definition) is 6. The number of rotatable bonds is 30. The molecular formula is C38H71NO8. The minimum absolute atomic E-state index is 0.197. The van der Waals surface area contributed by atoms with E-state index in [1.54, 1.807) is 12.2 Å². The van der Waals surface area contributed by atoms with Gasteiger partial charge in [0, 0.05) is 6.42 Å². The predicted molar refractivity (Wildman–Crippen MR) is 189 cm³/mol. The first-order valence-electron chi connectivity index (χ1n) is 19.1. The minimum Gasteiger partial charge on any atom is -0.394 e. The van der Waals surface area contributed by atoms with Gasteiger partial charge in [-0.05, 0) is 19.3 Å². The molecule has 47 heavy (non-hydrogen) atoms. The highest BCUT2D eigenvalue weighted by atomic mass is 16.7. The number of aliphatic hydroxyl groups is 5. The van der Waals surface area contributed by atoms with Crippen LogP contribution < -0.4 is 5.32 Å². The first-order chi connectivity index (χ1) is 22.8. The molecule has 1 heterocycles. The van der Waals surface area contributed by atoms with Gasteiger partial charge in [-0.15, -0.1) is 0 Å². The zero-order chi connectivity index (χ0) is 34.5. The van der Waals surface area contributed by atoms with Gasteiger partial charge >= 0.3 is 0 Å². The summed E-state index contributed by atoms with van der Waals surface area (Å²) in [5.74, 6) is -0.197. The Morgan fingerprint density at radius 2 is 1.23 bits per heavy atom. The van der Waals surface area contributed by atoms with E-state index in [0.29, 0.717) is 6.42 Å². The maximum Gasteiger partial charge on any atom is 0.220 e. The molecule has 1 aliphatic heterocycles. The zero-order valence-corrected chi connectivity index (χ0v) is 29.8. The van der Waals surface area contributed by atoms with Crippen molar-refractivity contribution in [2.75, 3.05) is 13.2 Å². The Kier molecular flexibility index (Phi) is 27.5. The molecule has 6 N–H and O–H groups in total. The summed E-state index contributed by atoms with van der Waals surface area (Å²) in [5, 5.41) is 53.7. The fraction of sp³-hybridized carbons (Fsp3) is 0.868. The third kappa shape index (κ3) is 21.4. The van der Waals surface area contributed by atoms with Crippen molar-refractivity contribution >= 4 is 5.91 Å². The molecule has 0 spiro atoms. The molecule has 1 saturated heterocycles. The van der Waals surface area contributed by atoms with Gasteiger partial charge in [-0.1, -0.05) is 154 Å². The fourth-order valence-electron chi connectivity index (χ4n) is 5.92. The van der Waals surface area contributed by atoms with E-state index in [9.17, 15) is 30.3 Å². The van der Waals surface area contributed by atoms with E-state index >= 15 is 0 Å². The molecule has 0 saturated carbocycles. The Labute approximate surface area is 286 Å². The van der Waals surface area contributed by atoms with Crippen molar-refractivity contribution in [3.63, 3.8) is 0 Å². The van der Waals surface area contributed by atoms with Gasteiger partial charge in [-0.2, -0.15) is 0 Å². The van der Waals surface area contributed by atoms with Crippen LogP contribution >= 0.6 is 0 Å². The van der Waals surface area contributed by atoms with Crippen molar-refractivity contribution in [3.05, 3.63) is 24.3 Å². The van der Waals surface area contributed by atoms with Gasteiger partial charge in [-0.25, -0.2) is 0 Å². The highest BCUT2D eigenvalue weighted by Crippen LogP contribution is 2.22. The summed E-state index contributed by atoms with van der Waals surface area (Å²) < 4.78 is 11.1. The largest absolute Gasteiger partial charge is 0.394 e. The Morgan fingerprint density at radius 1 is 0.723 bits per heavy atom. The van der Waals surface area contributed by atoms with Crippen LogP contribution in [0.15, 0.2) is 24.3 Å². The summed E-state index contributed by atoms with van der Waals surface area (Å²) >= 11 is 0. The van der Waals surface area contributed by atoms with E-state index in [4.69, 9.17) is 9.47 Å². The molecule has 9 nitrogen and oxygen atoms in total. The molecule has 1 amide bonds. The molecule has 9 heteroatoms. The van der Waals surface area contributed by atoms with E-state index in [-0.39, 0.29) is 12.5 Å². The molecule has 0 aromatic rings. The summed E-state index contributed by atoms with van der Waals surface area (Å²) in [4.78, 5) is 12.8. The van der Waals surface area contributed by atoms with Gasteiger partial charge in [0.2, 0.25) is 5.91 Å². The second-order valence-corrected chi connectivity index (χ2v) is 13.4. The van der Waals surface area contributed by atoms with E-state index in [1.165, 1.54) is 103 Å². The molecule has 0 aliphatic carbocycles. The van der Waals surface area contributed by atoms with Crippen molar-refractivity contribution in [1.82, 2.24) is 5.32 Å². The highest BCUT2D eigenvalue weighted by Gasteiger charge is 2.44. The Hall–Kier alpha value is -1.33. The topological polar surface area (TPSA) is 149 Å². The van der Waals surface area contributed by atoms with Gasteiger partial charge < -0.3 is 40.3 Å². The van der Waals surface area contributed by atoms with Crippen LogP contribution in [0.2, 0.25) is 0 Å². The number of hydrogen-bond acceptors (Lipinski definition) is 8. The third-order valence-corrected chi connectivity index (χ3v) is 9.08. The lowest BCUT2D eigenvalue weighted by Gasteiger charge is -2.40. The van der Waals surface area contributed by atoms with Gasteiger partial charge in [0.15, 0.2) is 6.29 Å². The van der Waals surface area contributed by atoms with Crippen LogP contribution in [0.25, 0.3) is 0 Å². The normalized spacial score (nSPS) is 23.1. The average molecular weight is 670 g/mol. The number of nitrogens with one attached hydrogen (secondary N) is 1. The third-order valence-electron chi connectivity index (χ3n) is 9.08. The lowest BCUT2D eigenvalue weighted by Crippen LogP contribution is -2.60. The fourth-order valence-corrected chi connectivity index (χ4v) is 5.92. The predicted octanol–water partition coefficient (Wildman–Crippen LogP) is 6.38. The SMILES string of the molecule is CCCCCCCC/C=C/C=C/[C@@H](O)[C@H](CO[C@H]1O[C@@H](CO)[C@H](O)C(O)C1O)NC(=O)CCCCCCCCCCCCCCCC. The minimum atomic E-state index is -1.57. The maximum atomic E-state index is 12.8. The van der Waals surface area contributed by atoms with Crippen LogP contribution in [0.3, 0.4) is 0 Å². The molecule has 0 bridgehead atoms. The van der Waals surface area contributed by atoms with Crippen molar-refractivity contribution in [2.45, 2.75) is 198 Å². The molecule has 276 valence electrons. The van der Waals surface area contributed by atoms with Crippen LogP contribution in [0.4, 0.5) is 0 Å². The van der Waals surface area contributed by atoms with Crippen molar-refractivity contribution in [3.8, 4) is 0 Å². The molecule has 2 unspecified atom stereocenters. The van der Waals surface area contributed by atoms with Crippen LogP contribution in [0.1, 0.15) is 155 Å². The molecule has 7 atom stereocenters. The standard InChI is InChI=1S/C38H71NO8/c1-3-5-7-9-11-13-15-16-17-18-20-22-24-26-28-34(42)39-31(30-46-38-37(45)36(44)35(43)33(29-40)47-38)32(41)27-25-23-21-19-14-12-10-8-6-4-2/h21,23,25,27,31-33,35-38,40-41,43-45H,3-20,22,24,26,28-30H2,1-2H3,(H,39,42)/b23-21+,27-25+/t31-,32+,33-,35-,36?,37?,38-/m0/s1. The number of carbonyl (C=O) groups excluding carboxylic acids is 1. The molecule has 1 aliphatic rings. The number of unbranched alkanes of at least 4 members (excludes halogenated alkanes) is 19.